The lowest BCUT2D eigenvalue weighted by atomic mass is 9.92. The van der Waals surface area contributed by atoms with Crippen LogP contribution in [0.3, 0.4) is 0 Å². The molecule has 1 heterocycles. The molecule has 4 heteroatoms. The Kier molecular flexibility index (Phi) is 5.39. The summed E-state index contributed by atoms with van der Waals surface area (Å²) in [6.07, 6.45) is 0.952. The number of thiophene rings is 1. The van der Waals surface area contributed by atoms with E-state index in [0.29, 0.717) is 18.0 Å². The predicted molar refractivity (Wildman–Crippen MR) is 76.7 cm³/mol. The van der Waals surface area contributed by atoms with Crippen molar-refractivity contribution in [3.63, 3.8) is 0 Å². The molecule has 0 saturated carbocycles. The Morgan fingerprint density at radius 2 is 2.22 bits per heavy atom. The zero-order valence-electron chi connectivity index (χ0n) is 11.2. The van der Waals surface area contributed by atoms with Gasteiger partial charge in [0.15, 0.2) is 0 Å². The van der Waals surface area contributed by atoms with Crippen LogP contribution < -0.4 is 11.1 Å². The van der Waals surface area contributed by atoms with Gasteiger partial charge in [0, 0.05) is 12.1 Å². The van der Waals surface area contributed by atoms with Gasteiger partial charge in [-0.15, -0.1) is 11.3 Å². The van der Waals surface area contributed by atoms with Crippen molar-refractivity contribution in [2.45, 2.75) is 27.2 Å². The quantitative estimate of drug-likeness (QED) is 0.823. The van der Waals surface area contributed by atoms with Crippen molar-refractivity contribution in [2.75, 3.05) is 13.1 Å². The Hall–Kier alpha value is -1.31. The molecule has 0 fully saturated rings. The first-order valence-corrected chi connectivity index (χ1v) is 6.86. The summed E-state index contributed by atoms with van der Waals surface area (Å²) in [7, 11) is 0. The fraction of sp³-hybridized carbons (Fsp3) is 0.500. The highest BCUT2D eigenvalue weighted by Crippen LogP contribution is 2.18. The van der Waals surface area contributed by atoms with Gasteiger partial charge in [-0.1, -0.05) is 32.6 Å². The lowest BCUT2D eigenvalue weighted by Crippen LogP contribution is -2.27. The van der Waals surface area contributed by atoms with Gasteiger partial charge in [0.1, 0.15) is 4.88 Å². The normalized spacial score (nSPS) is 10.7. The van der Waals surface area contributed by atoms with Gasteiger partial charge >= 0.3 is 0 Å². The molecule has 0 aromatic carbocycles. The van der Waals surface area contributed by atoms with Gasteiger partial charge in [-0.3, -0.25) is 4.79 Å². The monoisotopic (exact) mass is 264 g/mol. The van der Waals surface area contributed by atoms with Crippen molar-refractivity contribution in [3.8, 4) is 11.8 Å². The van der Waals surface area contributed by atoms with E-state index in [1.165, 1.54) is 11.3 Å². The molecule has 0 bridgehead atoms. The molecule has 3 nitrogen and oxygen atoms in total. The molecule has 18 heavy (non-hydrogen) atoms. The van der Waals surface area contributed by atoms with Crippen LogP contribution in [0.5, 0.6) is 0 Å². The van der Waals surface area contributed by atoms with Gasteiger partial charge < -0.3 is 11.1 Å². The van der Waals surface area contributed by atoms with Crippen molar-refractivity contribution in [1.82, 2.24) is 5.32 Å². The summed E-state index contributed by atoms with van der Waals surface area (Å²) in [5, 5.41) is 4.81. The summed E-state index contributed by atoms with van der Waals surface area (Å²) in [6, 6.07) is 1.85. The maximum atomic E-state index is 12.0. The Bertz CT molecular complexity index is 460. The average molecular weight is 264 g/mol. The Balaban J connectivity index is 2.59. The standard InChI is InChI=1S/C14H20N2OS/c1-14(2,3)7-9-16-13(17)12-11(5-4-8-15)6-10-18-12/h6,10H,7-9,15H2,1-3H3,(H,16,17). The van der Waals surface area contributed by atoms with Crippen molar-refractivity contribution in [1.29, 1.82) is 0 Å². The molecule has 0 aliphatic carbocycles. The number of nitrogens with one attached hydrogen (secondary N) is 1. The van der Waals surface area contributed by atoms with E-state index < -0.39 is 0 Å². The van der Waals surface area contributed by atoms with Crippen LogP contribution in [-0.4, -0.2) is 19.0 Å². The van der Waals surface area contributed by atoms with Crippen LogP contribution in [0.2, 0.25) is 0 Å². The van der Waals surface area contributed by atoms with E-state index in [1.807, 2.05) is 11.4 Å². The molecular weight excluding hydrogens is 244 g/mol. The summed E-state index contributed by atoms with van der Waals surface area (Å²) in [6.45, 7) is 7.46. The maximum absolute atomic E-state index is 12.0. The van der Waals surface area contributed by atoms with Gasteiger partial charge in [-0.2, -0.15) is 0 Å². The van der Waals surface area contributed by atoms with Crippen LogP contribution in [0.15, 0.2) is 11.4 Å². The number of carbonyl (C=O) groups excluding carboxylic acids is 1. The van der Waals surface area contributed by atoms with Crippen LogP contribution in [-0.2, 0) is 0 Å². The highest BCUT2D eigenvalue weighted by Gasteiger charge is 2.14. The van der Waals surface area contributed by atoms with E-state index in [-0.39, 0.29) is 11.3 Å². The van der Waals surface area contributed by atoms with E-state index in [0.717, 1.165) is 12.0 Å². The SMILES string of the molecule is CC(C)(C)CCNC(=O)c1sccc1C#CCN. The zero-order valence-corrected chi connectivity index (χ0v) is 12.0. The number of nitrogens with two attached hydrogens (primary N) is 1. The van der Waals surface area contributed by atoms with E-state index in [1.54, 1.807) is 0 Å². The van der Waals surface area contributed by atoms with Crippen LogP contribution in [0.4, 0.5) is 0 Å². The number of carbonyl (C=O) groups is 1. The molecule has 98 valence electrons. The van der Waals surface area contributed by atoms with Gasteiger partial charge in [-0.25, -0.2) is 0 Å². The minimum absolute atomic E-state index is 0.0458. The number of amides is 1. The van der Waals surface area contributed by atoms with Crippen molar-refractivity contribution in [3.05, 3.63) is 21.9 Å². The Morgan fingerprint density at radius 1 is 1.50 bits per heavy atom. The molecule has 0 spiro atoms. The lowest BCUT2D eigenvalue weighted by Gasteiger charge is -2.17. The fourth-order valence-corrected chi connectivity index (χ4v) is 2.13. The van der Waals surface area contributed by atoms with Crippen molar-refractivity contribution < 1.29 is 4.79 Å². The molecule has 0 unspecified atom stereocenters. The lowest BCUT2D eigenvalue weighted by molar-refractivity contribution is 0.0953. The second-order valence-electron chi connectivity index (χ2n) is 5.24. The molecule has 0 atom stereocenters. The average Bonchev–Trinajstić information content (AvgIpc) is 2.72. The molecule has 1 aromatic rings. The number of hydrogen-bond donors (Lipinski definition) is 2. The molecule has 3 N–H and O–H groups in total. The number of rotatable bonds is 3. The molecule has 1 amide bonds. The smallest absolute Gasteiger partial charge is 0.262 e. The third-order valence-electron chi connectivity index (χ3n) is 2.36. The minimum atomic E-state index is -0.0458. The van der Waals surface area contributed by atoms with Gasteiger partial charge in [0.25, 0.3) is 5.91 Å². The van der Waals surface area contributed by atoms with Crippen molar-refractivity contribution >= 4 is 17.2 Å². The van der Waals surface area contributed by atoms with E-state index >= 15 is 0 Å². The summed E-state index contributed by atoms with van der Waals surface area (Å²) < 4.78 is 0. The molecular formula is C14H20N2OS. The van der Waals surface area contributed by atoms with E-state index in [9.17, 15) is 4.79 Å². The van der Waals surface area contributed by atoms with Crippen LogP contribution in [0.25, 0.3) is 0 Å². The molecule has 0 aliphatic heterocycles. The number of hydrogen-bond acceptors (Lipinski definition) is 3. The van der Waals surface area contributed by atoms with Crippen LogP contribution >= 0.6 is 11.3 Å². The first kappa shape index (κ1) is 14.7. The third-order valence-corrected chi connectivity index (χ3v) is 3.27. The molecule has 0 aliphatic rings. The fourth-order valence-electron chi connectivity index (χ4n) is 1.36. The summed E-state index contributed by atoms with van der Waals surface area (Å²) in [4.78, 5) is 12.6. The predicted octanol–water partition coefficient (Wildman–Crippen LogP) is 2.22. The van der Waals surface area contributed by atoms with Gasteiger partial charge in [-0.05, 0) is 23.3 Å². The second kappa shape index (κ2) is 6.58. The molecule has 0 saturated heterocycles. The third kappa shape index (κ3) is 4.91. The second-order valence-corrected chi connectivity index (χ2v) is 6.15. The Morgan fingerprint density at radius 3 is 2.83 bits per heavy atom. The van der Waals surface area contributed by atoms with Crippen LogP contribution in [0.1, 0.15) is 42.4 Å². The molecule has 1 rings (SSSR count). The topological polar surface area (TPSA) is 55.1 Å². The largest absolute Gasteiger partial charge is 0.351 e. The van der Waals surface area contributed by atoms with Crippen molar-refractivity contribution in [2.24, 2.45) is 11.1 Å². The summed E-state index contributed by atoms with van der Waals surface area (Å²) >= 11 is 1.41. The highest BCUT2D eigenvalue weighted by molar-refractivity contribution is 7.12. The molecule has 1 aromatic heterocycles. The van der Waals surface area contributed by atoms with Crippen LogP contribution in [0, 0.1) is 17.3 Å². The first-order valence-electron chi connectivity index (χ1n) is 5.98. The van der Waals surface area contributed by atoms with Gasteiger partial charge in [0.2, 0.25) is 0 Å². The minimum Gasteiger partial charge on any atom is -0.351 e. The molecule has 0 radical (unpaired) electrons. The highest BCUT2D eigenvalue weighted by atomic mass is 32.1. The summed E-state index contributed by atoms with van der Waals surface area (Å²) in [5.41, 5.74) is 6.32. The van der Waals surface area contributed by atoms with E-state index in [4.69, 9.17) is 5.73 Å². The van der Waals surface area contributed by atoms with Gasteiger partial charge in [0.05, 0.1) is 6.54 Å². The summed E-state index contributed by atoms with van der Waals surface area (Å²) in [5.74, 6) is 5.64. The van der Waals surface area contributed by atoms with E-state index in [2.05, 4.69) is 37.9 Å². The zero-order chi connectivity index (χ0) is 13.6. The maximum Gasteiger partial charge on any atom is 0.262 e. The first-order chi connectivity index (χ1) is 8.44. The Labute approximate surface area is 113 Å².